The van der Waals surface area contributed by atoms with E-state index >= 15 is 0 Å². The molecule has 126 valence electrons. The zero-order valence-electron chi connectivity index (χ0n) is 14.1. The van der Waals surface area contributed by atoms with Crippen LogP contribution in [0.3, 0.4) is 0 Å². The fourth-order valence-corrected chi connectivity index (χ4v) is 3.85. The number of nitrogens with one attached hydrogen (secondary N) is 1. The van der Waals surface area contributed by atoms with Crippen LogP contribution in [0.25, 0.3) is 0 Å². The van der Waals surface area contributed by atoms with Crippen molar-refractivity contribution in [3.63, 3.8) is 0 Å². The van der Waals surface area contributed by atoms with E-state index in [4.69, 9.17) is 4.52 Å². The van der Waals surface area contributed by atoms with Gasteiger partial charge in [-0.3, -0.25) is 5.32 Å². The highest BCUT2D eigenvalue weighted by molar-refractivity contribution is 7.05. The molecule has 1 saturated carbocycles. The highest BCUT2D eigenvalue weighted by Gasteiger charge is 2.37. The van der Waals surface area contributed by atoms with Gasteiger partial charge in [0.05, 0.1) is 12.1 Å². The third-order valence-corrected chi connectivity index (χ3v) is 5.22. The molecule has 2 aromatic rings. The molecule has 0 aromatic carbocycles. The van der Waals surface area contributed by atoms with E-state index in [2.05, 4.69) is 38.7 Å². The molecule has 0 saturated heterocycles. The molecule has 0 amide bonds. The summed E-state index contributed by atoms with van der Waals surface area (Å²) in [6.45, 7) is 6.79. The van der Waals surface area contributed by atoms with Crippen molar-refractivity contribution in [1.82, 2.24) is 24.8 Å². The van der Waals surface area contributed by atoms with Crippen LogP contribution in [0.4, 0.5) is 0 Å². The lowest BCUT2D eigenvalue weighted by Gasteiger charge is -2.30. The first-order valence-electron chi connectivity index (χ1n) is 8.47. The summed E-state index contributed by atoms with van der Waals surface area (Å²) in [6, 6.07) is 0. The molecule has 0 bridgehead atoms. The second-order valence-corrected chi connectivity index (χ2v) is 7.52. The predicted octanol–water partition coefficient (Wildman–Crippen LogP) is 3.69. The van der Waals surface area contributed by atoms with Gasteiger partial charge in [0.2, 0.25) is 5.89 Å². The van der Waals surface area contributed by atoms with Crippen molar-refractivity contribution in [3.05, 3.63) is 22.5 Å². The quantitative estimate of drug-likeness (QED) is 0.840. The van der Waals surface area contributed by atoms with E-state index in [0.29, 0.717) is 18.4 Å². The van der Waals surface area contributed by atoms with Crippen LogP contribution in [-0.4, -0.2) is 19.5 Å². The Bertz CT molecular complexity index is 628. The number of aryl methyl sites for hydroxylation is 1. The van der Waals surface area contributed by atoms with Crippen LogP contribution >= 0.6 is 11.5 Å². The topological polar surface area (TPSA) is 76.7 Å². The van der Waals surface area contributed by atoms with Crippen LogP contribution in [0.5, 0.6) is 0 Å². The third-order valence-electron chi connectivity index (χ3n) is 4.49. The van der Waals surface area contributed by atoms with Gasteiger partial charge in [0.1, 0.15) is 10.8 Å². The summed E-state index contributed by atoms with van der Waals surface area (Å²) in [5.41, 5.74) is -0.197. The second-order valence-electron chi connectivity index (χ2n) is 6.69. The van der Waals surface area contributed by atoms with Gasteiger partial charge in [0.25, 0.3) is 0 Å². The molecule has 0 spiro atoms. The van der Waals surface area contributed by atoms with Gasteiger partial charge in [-0.25, -0.2) is 4.98 Å². The first-order chi connectivity index (χ1) is 11.1. The predicted molar refractivity (Wildman–Crippen MR) is 89.3 cm³/mol. The molecule has 6 nitrogen and oxygen atoms in total. The molecule has 2 heterocycles. The van der Waals surface area contributed by atoms with Crippen molar-refractivity contribution in [2.75, 3.05) is 0 Å². The second kappa shape index (κ2) is 7.05. The van der Waals surface area contributed by atoms with Gasteiger partial charge in [0, 0.05) is 12.8 Å². The molecule has 7 heteroatoms. The smallest absolute Gasteiger partial charge is 0.223 e. The number of aromatic nitrogens is 4. The number of rotatable bonds is 5. The molecule has 3 rings (SSSR count). The van der Waals surface area contributed by atoms with Gasteiger partial charge in [-0.1, -0.05) is 44.7 Å². The maximum absolute atomic E-state index is 5.24. The number of hydrogen-bond donors (Lipinski definition) is 1. The van der Waals surface area contributed by atoms with Gasteiger partial charge >= 0.3 is 0 Å². The van der Waals surface area contributed by atoms with Crippen LogP contribution in [-0.2, 0) is 12.1 Å². The molecule has 1 aliphatic carbocycles. The maximum Gasteiger partial charge on any atom is 0.223 e. The standard InChI is InChI=1S/C16H25N5OS/c1-11(2)14-19-13(23-21-14)10-17-16(8-6-4-5-7-9-16)15-18-12(3)22-20-15/h11,17H,4-10H2,1-3H3. The zero-order chi connectivity index (χ0) is 16.3. The van der Waals surface area contributed by atoms with Crippen LogP contribution in [0.2, 0.25) is 0 Å². The Morgan fingerprint density at radius 2 is 1.91 bits per heavy atom. The highest BCUT2D eigenvalue weighted by atomic mass is 32.1. The molecule has 0 unspecified atom stereocenters. The van der Waals surface area contributed by atoms with Gasteiger partial charge in [-0.05, 0) is 24.4 Å². The summed E-state index contributed by atoms with van der Waals surface area (Å²) in [5, 5.41) is 8.94. The fourth-order valence-electron chi connectivity index (χ4n) is 3.12. The molecule has 0 radical (unpaired) electrons. The van der Waals surface area contributed by atoms with E-state index in [1.54, 1.807) is 0 Å². The van der Waals surface area contributed by atoms with E-state index in [0.717, 1.165) is 29.5 Å². The lowest BCUT2D eigenvalue weighted by atomic mass is 9.89. The zero-order valence-corrected chi connectivity index (χ0v) is 14.9. The molecule has 0 atom stereocenters. The number of nitrogens with zero attached hydrogens (tertiary/aromatic N) is 4. The van der Waals surface area contributed by atoms with Crippen molar-refractivity contribution in [3.8, 4) is 0 Å². The lowest BCUT2D eigenvalue weighted by Crippen LogP contribution is -2.42. The van der Waals surface area contributed by atoms with Crippen molar-refractivity contribution in [2.45, 2.75) is 77.3 Å². The molecule has 0 aliphatic heterocycles. The highest BCUT2D eigenvalue weighted by Crippen LogP contribution is 2.35. The Morgan fingerprint density at radius 3 is 2.48 bits per heavy atom. The van der Waals surface area contributed by atoms with Gasteiger partial charge < -0.3 is 4.52 Å². The molecular formula is C16H25N5OS. The average molecular weight is 335 g/mol. The molecule has 1 aliphatic rings. The van der Waals surface area contributed by atoms with E-state index < -0.39 is 0 Å². The summed E-state index contributed by atoms with van der Waals surface area (Å²) < 4.78 is 9.68. The molecule has 23 heavy (non-hydrogen) atoms. The van der Waals surface area contributed by atoms with Crippen LogP contribution in [0, 0.1) is 6.92 Å². The Morgan fingerprint density at radius 1 is 1.17 bits per heavy atom. The summed E-state index contributed by atoms with van der Waals surface area (Å²) in [7, 11) is 0. The molecule has 1 N–H and O–H groups in total. The van der Waals surface area contributed by atoms with E-state index in [-0.39, 0.29) is 5.54 Å². The summed E-state index contributed by atoms with van der Waals surface area (Å²) in [5.74, 6) is 2.72. The Balaban J connectivity index is 1.78. The summed E-state index contributed by atoms with van der Waals surface area (Å²) >= 11 is 1.48. The van der Waals surface area contributed by atoms with Gasteiger partial charge in [-0.15, -0.1) is 0 Å². The lowest BCUT2D eigenvalue weighted by molar-refractivity contribution is 0.258. The Labute approximate surface area is 141 Å². The minimum atomic E-state index is -0.197. The van der Waals surface area contributed by atoms with E-state index in [1.165, 1.54) is 37.2 Å². The fraction of sp³-hybridized carbons (Fsp3) is 0.750. The molecule has 1 fully saturated rings. The van der Waals surface area contributed by atoms with E-state index in [1.807, 2.05) is 6.92 Å². The SMILES string of the molecule is Cc1nc(C2(NCc3nc(C(C)C)ns3)CCCCCC2)no1. The first-order valence-corrected chi connectivity index (χ1v) is 9.25. The normalized spacial score (nSPS) is 18.3. The summed E-state index contributed by atoms with van der Waals surface area (Å²) in [4.78, 5) is 9.15. The monoisotopic (exact) mass is 335 g/mol. The van der Waals surface area contributed by atoms with Crippen LogP contribution in [0.15, 0.2) is 4.52 Å². The summed E-state index contributed by atoms with van der Waals surface area (Å²) in [6.07, 6.45) is 7.01. The van der Waals surface area contributed by atoms with Crippen LogP contribution in [0.1, 0.15) is 80.8 Å². The minimum Gasteiger partial charge on any atom is -0.340 e. The largest absolute Gasteiger partial charge is 0.340 e. The Hall–Kier alpha value is -1.34. The number of hydrogen-bond acceptors (Lipinski definition) is 7. The average Bonchev–Trinajstić information content (AvgIpc) is 3.11. The Kier molecular flexibility index (Phi) is 5.06. The van der Waals surface area contributed by atoms with Gasteiger partial charge in [0.15, 0.2) is 5.82 Å². The molecular weight excluding hydrogens is 310 g/mol. The van der Waals surface area contributed by atoms with Crippen molar-refractivity contribution in [1.29, 1.82) is 0 Å². The third kappa shape index (κ3) is 3.77. The van der Waals surface area contributed by atoms with Crippen molar-refractivity contribution in [2.24, 2.45) is 0 Å². The van der Waals surface area contributed by atoms with Crippen molar-refractivity contribution < 1.29 is 4.52 Å². The first kappa shape index (κ1) is 16.5. The van der Waals surface area contributed by atoms with Crippen molar-refractivity contribution >= 4 is 11.5 Å². The van der Waals surface area contributed by atoms with Gasteiger partial charge in [-0.2, -0.15) is 9.36 Å². The molecule has 2 aromatic heterocycles. The minimum absolute atomic E-state index is 0.197. The maximum atomic E-state index is 5.24. The van der Waals surface area contributed by atoms with E-state index in [9.17, 15) is 0 Å². The van der Waals surface area contributed by atoms with Crippen LogP contribution < -0.4 is 5.32 Å².